The molecular weight excluding hydrogens is 352 g/mol. The van der Waals surface area contributed by atoms with Gasteiger partial charge in [-0.25, -0.2) is 0 Å². The third-order valence-electron chi connectivity index (χ3n) is 4.79. The summed E-state index contributed by atoms with van der Waals surface area (Å²) in [6.45, 7) is 1.67. The molecule has 2 rings (SSSR count). The van der Waals surface area contributed by atoms with E-state index >= 15 is 0 Å². The molecule has 0 unspecified atom stereocenters. The molecule has 0 saturated heterocycles. The van der Waals surface area contributed by atoms with Crippen LogP contribution in [0.3, 0.4) is 0 Å². The van der Waals surface area contributed by atoms with Crippen molar-refractivity contribution in [3.8, 4) is 11.5 Å². The lowest BCUT2D eigenvalue weighted by atomic mass is 10.1. The van der Waals surface area contributed by atoms with Crippen LogP contribution in [0.15, 0.2) is 48.5 Å². The molecule has 0 aliphatic carbocycles. The summed E-state index contributed by atoms with van der Waals surface area (Å²) < 4.78 is 11.4. The van der Waals surface area contributed by atoms with Gasteiger partial charge >= 0.3 is 0 Å². The fourth-order valence-corrected chi connectivity index (χ4v) is 3.03. The van der Waals surface area contributed by atoms with Gasteiger partial charge in [0.25, 0.3) is 0 Å². The number of hydrogen-bond acceptors (Lipinski definition) is 4. The Morgan fingerprint density at radius 2 is 0.786 bits per heavy atom. The summed E-state index contributed by atoms with van der Waals surface area (Å²) in [6.07, 6.45) is 9.70. The van der Waals surface area contributed by atoms with Crippen molar-refractivity contribution < 1.29 is 19.7 Å². The Bertz CT molecular complexity index is 565. The second-order valence-electron chi connectivity index (χ2n) is 7.13. The smallest absolute Gasteiger partial charge is 0.119 e. The minimum Gasteiger partial charge on any atom is -0.494 e. The molecule has 4 nitrogen and oxygen atoms in total. The van der Waals surface area contributed by atoms with Crippen molar-refractivity contribution in [3.05, 3.63) is 59.7 Å². The van der Waals surface area contributed by atoms with Crippen LogP contribution in [0, 0.1) is 0 Å². The van der Waals surface area contributed by atoms with Crippen molar-refractivity contribution in [3.63, 3.8) is 0 Å². The van der Waals surface area contributed by atoms with Gasteiger partial charge in [0.2, 0.25) is 0 Å². The van der Waals surface area contributed by atoms with Crippen molar-refractivity contribution >= 4 is 0 Å². The molecule has 0 aromatic heterocycles. The van der Waals surface area contributed by atoms with Crippen LogP contribution in [-0.4, -0.2) is 23.4 Å². The van der Waals surface area contributed by atoms with E-state index in [0.29, 0.717) is 0 Å². The summed E-state index contributed by atoms with van der Waals surface area (Å²) in [5.74, 6) is 1.76. The minimum absolute atomic E-state index is 0.0759. The molecule has 0 radical (unpaired) electrons. The van der Waals surface area contributed by atoms with Crippen LogP contribution in [0.4, 0.5) is 0 Å². The Morgan fingerprint density at radius 1 is 0.464 bits per heavy atom. The number of hydrogen-bond donors (Lipinski definition) is 2. The third-order valence-corrected chi connectivity index (χ3v) is 4.79. The molecule has 4 heteroatoms. The van der Waals surface area contributed by atoms with Crippen LogP contribution in [0.2, 0.25) is 0 Å². The van der Waals surface area contributed by atoms with Gasteiger partial charge < -0.3 is 19.7 Å². The molecule has 0 saturated carbocycles. The van der Waals surface area contributed by atoms with Crippen molar-refractivity contribution in [2.24, 2.45) is 0 Å². The molecule has 0 aliphatic heterocycles. The van der Waals surface area contributed by atoms with Gasteiger partial charge in [-0.2, -0.15) is 0 Å². The Morgan fingerprint density at radius 3 is 1.11 bits per heavy atom. The summed E-state index contributed by atoms with van der Waals surface area (Å²) in [6, 6.07) is 15.2. The molecule has 0 fully saturated rings. The number of rotatable bonds is 15. The van der Waals surface area contributed by atoms with Crippen LogP contribution in [0.25, 0.3) is 0 Å². The largest absolute Gasteiger partial charge is 0.494 e. The van der Waals surface area contributed by atoms with Crippen LogP contribution >= 0.6 is 0 Å². The summed E-state index contributed by atoms with van der Waals surface area (Å²) in [5, 5.41) is 18.0. The molecule has 2 aromatic carbocycles. The van der Waals surface area contributed by atoms with E-state index in [1.165, 1.54) is 38.5 Å². The zero-order valence-corrected chi connectivity index (χ0v) is 16.8. The van der Waals surface area contributed by atoms with E-state index in [2.05, 4.69) is 0 Å². The van der Waals surface area contributed by atoms with Crippen LogP contribution in [0.5, 0.6) is 11.5 Å². The van der Waals surface area contributed by atoms with E-state index in [9.17, 15) is 0 Å². The van der Waals surface area contributed by atoms with Crippen molar-refractivity contribution in [1.82, 2.24) is 0 Å². The average molecular weight is 387 g/mol. The summed E-state index contributed by atoms with van der Waals surface area (Å²) in [7, 11) is 0. The van der Waals surface area contributed by atoms with E-state index in [-0.39, 0.29) is 13.2 Å². The lowest BCUT2D eigenvalue weighted by Crippen LogP contribution is -1.98. The van der Waals surface area contributed by atoms with Gasteiger partial charge in [0.15, 0.2) is 0 Å². The van der Waals surface area contributed by atoms with E-state index in [4.69, 9.17) is 19.7 Å². The van der Waals surface area contributed by atoms with Crippen LogP contribution in [-0.2, 0) is 13.2 Å². The maximum atomic E-state index is 9.02. The molecule has 0 heterocycles. The van der Waals surface area contributed by atoms with Crippen LogP contribution < -0.4 is 9.47 Å². The predicted molar refractivity (Wildman–Crippen MR) is 113 cm³/mol. The molecule has 0 aliphatic rings. The van der Waals surface area contributed by atoms with Gasteiger partial charge in [-0.15, -0.1) is 0 Å². The molecule has 2 aromatic rings. The van der Waals surface area contributed by atoms with Gasteiger partial charge in [0, 0.05) is 0 Å². The summed E-state index contributed by atoms with van der Waals surface area (Å²) >= 11 is 0. The second kappa shape index (κ2) is 14.0. The number of unbranched alkanes of at least 4 members (excludes halogenated alkanes) is 7. The minimum atomic E-state index is 0.0759. The highest BCUT2D eigenvalue weighted by molar-refractivity contribution is 5.27. The summed E-state index contributed by atoms with van der Waals surface area (Å²) in [4.78, 5) is 0. The average Bonchev–Trinajstić information content (AvgIpc) is 2.75. The van der Waals surface area contributed by atoms with Gasteiger partial charge in [-0.3, -0.25) is 0 Å². The zero-order valence-electron chi connectivity index (χ0n) is 16.8. The molecule has 0 atom stereocenters. The van der Waals surface area contributed by atoms with E-state index in [1.807, 2.05) is 48.5 Å². The highest BCUT2D eigenvalue weighted by Crippen LogP contribution is 2.15. The fraction of sp³-hybridized carbons (Fsp3) is 0.500. The Kier molecular flexibility index (Phi) is 11.1. The predicted octanol–water partition coefficient (Wildman–Crippen LogP) is 5.25. The number of aliphatic hydroxyl groups excluding tert-OH is 2. The highest BCUT2D eigenvalue weighted by atomic mass is 16.5. The lowest BCUT2D eigenvalue weighted by Gasteiger charge is -2.07. The van der Waals surface area contributed by atoms with Crippen molar-refractivity contribution in [2.75, 3.05) is 13.2 Å². The number of benzene rings is 2. The zero-order chi connectivity index (χ0) is 19.9. The Labute approximate surface area is 169 Å². The Hall–Kier alpha value is -2.04. The third kappa shape index (κ3) is 9.25. The van der Waals surface area contributed by atoms with Crippen molar-refractivity contribution in [1.29, 1.82) is 0 Å². The van der Waals surface area contributed by atoms with E-state index in [1.54, 1.807) is 0 Å². The first-order valence-electron chi connectivity index (χ1n) is 10.5. The molecule has 0 bridgehead atoms. The molecule has 0 amide bonds. The van der Waals surface area contributed by atoms with Crippen molar-refractivity contribution in [2.45, 2.75) is 64.6 Å². The first-order valence-corrected chi connectivity index (χ1v) is 10.5. The maximum absolute atomic E-state index is 9.02. The highest BCUT2D eigenvalue weighted by Gasteiger charge is 1.97. The first kappa shape index (κ1) is 22.3. The molecular formula is C24H34O4. The van der Waals surface area contributed by atoms with Crippen LogP contribution in [0.1, 0.15) is 62.5 Å². The SMILES string of the molecule is OCc1ccc(OCCCCCCCCCCOc2ccc(CO)cc2)cc1. The summed E-state index contributed by atoms with van der Waals surface area (Å²) in [5.41, 5.74) is 1.83. The van der Waals surface area contributed by atoms with E-state index < -0.39 is 0 Å². The molecule has 154 valence electrons. The monoisotopic (exact) mass is 386 g/mol. The van der Waals surface area contributed by atoms with Gasteiger partial charge in [0.05, 0.1) is 26.4 Å². The lowest BCUT2D eigenvalue weighted by molar-refractivity contribution is 0.280. The van der Waals surface area contributed by atoms with E-state index in [0.717, 1.165) is 48.7 Å². The Balaban J connectivity index is 1.36. The maximum Gasteiger partial charge on any atom is 0.119 e. The van der Waals surface area contributed by atoms with Gasteiger partial charge in [-0.05, 0) is 48.2 Å². The molecule has 28 heavy (non-hydrogen) atoms. The van der Waals surface area contributed by atoms with Gasteiger partial charge in [-0.1, -0.05) is 62.8 Å². The quantitative estimate of drug-likeness (QED) is 0.411. The first-order chi connectivity index (χ1) is 13.8. The normalized spacial score (nSPS) is 10.8. The molecule has 2 N–H and O–H groups in total. The standard InChI is InChI=1S/C24H34O4/c25-19-21-9-13-23(14-10-21)27-17-7-5-3-1-2-4-6-8-18-28-24-15-11-22(20-26)12-16-24/h9-16,25-26H,1-8,17-20H2. The second-order valence-corrected chi connectivity index (χ2v) is 7.13. The molecule has 0 spiro atoms. The fourth-order valence-electron chi connectivity index (χ4n) is 3.03. The number of aliphatic hydroxyl groups is 2. The number of ether oxygens (including phenoxy) is 2. The van der Waals surface area contributed by atoms with Gasteiger partial charge in [0.1, 0.15) is 11.5 Å². The topological polar surface area (TPSA) is 58.9 Å².